The topological polar surface area (TPSA) is 63.4 Å². The highest BCUT2D eigenvalue weighted by Gasteiger charge is 2.26. The van der Waals surface area contributed by atoms with E-state index >= 15 is 0 Å². The lowest BCUT2D eigenvalue weighted by molar-refractivity contribution is 0.580. The second kappa shape index (κ2) is 6.20. The van der Waals surface area contributed by atoms with Crippen LogP contribution in [-0.2, 0) is 10.0 Å². The minimum absolute atomic E-state index is 0.432. The molecule has 4 nitrogen and oxygen atoms in total. The van der Waals surface area contributed by atoms with Crippen LogP contribution in [0.3, 0.4) is 0 Å². The number of para-hydroxylation sites is 1. The summed E-state index contributed by atoms with van der Waals surface area (Å²) in [6.07, 6.45) is 0.653. The van der Waals surface area contributed by atoms with Crippen molar-refractivity contribution in [3.8, 4) is 0 Å². The third-order valence-electron chi connectivity index (χ3n) is 2.85. The summed E-state index contributed by atoms with van der Waals surface area (Å²) in [5, 5.41) is -0.435. The quantitative estimate of drug-likeness (QED) is 0.858. The van der Waals surface area contributed by atoms with Crippen molar-refractivity contribution >= 4 is 15.7 Å². The Hall–Kier alpha value is -1.07. The number of rotatable bonds is 6. The van der Waals surface area contributed by atoms with Gasteiger partial charge in [-0.15, -0.1) is 0 Å². The molecule has 0 bridgehead atoms. The summed E-state index contributed by atoms with van der Waals surface area (Å²) in [4.78, 5) is 0. The van der Waals surface area contributed by atoms with E-state index in [1.807, 2.05) is 31.2 Å². The average molecular weight is 270 g/mol. The number of nitrogens with zero attached hydrogens (tertiary/aromatic N) is 1. The van der Waals surface area contributed by atoms with Gasteiger partial charge in [0.15, 0.2) is 0 Å². The zero-order valence-electron chi connectivity index (χ0n) is 11.3. The first-order valence-corrected chi connectivity index (χ1v) is 7.68. The Morgan fingerprint density at radius 3 is 2.39 bits per heavy atom. The van der Waals surface area contributed by atoms with Gasteiger partial charge in [-0.05, 0) is 45.4 Å². The first-order valence-electron chi connectivity index (χ1n) is 6.18. The summed E-state index contributed by atoms with van der Waals surface area (Å²) < 4.78 is 26.2. The standard InChI is InChI=1S/C13H22N2O2S/c1-11(2)18(16,17)15(10-6-9-14)13-8-5-4-7-12(13)3/h4-5,7-8,11H,6,9-10,14H2,1-3H3. The number of sulfonamides is 1. The molecule has 1 rings (SSSR count). The van der Waals surface area contributed by atoms with Crippen LogP contribution in [0.4, 0.5) is 5.69 Å². The SMILES string of the molecule is Cc1ccccc1N(CCCN)S(=O)(=O)C(C)C. The molecule has 0 aromatic heterocycles. The summed E-state index contributed by atoms with van der Waals surface area (Å²) in [7, 11) is -3.31. The Balaban J connectivity index is 3.18. The van der Waals surface area contributed by atoms with Gasteiger partial charge in [-0.1, -0.05) is 18.2 Å². The third-order valence-corrected chi connectivity index (χ3v) is 5.04. The van der Waals surface area contributed by atoms with Crippen molar-refractivity contribution in [3.05, 3.63) is 29.8 Å². The van der Waals surface area contributed by atoms with Crippen molar-refractivity contribution in [2.24, 2.45) is 5.73 Å². The number of hydrogen-bond acceptors (Lipinski definition) is 3. The summed E-state index contributed by atoms with van der Waals surface area (Å²) >= 11 is 0. The molecule has 18 heavy (non-hydrogen) atoms. The maximum atomic E-state index is 12.4. The first-order chi connectivity index (χ1) is 8.41. The van der Waals surface area contributed by atoms with Crippen molar-refractivity contribution < 1.29 is 8.42 Å². The fraction of sp³-hybridized carbons (Fsp3) is 0.538. The monoisotopic (exact) mass is 270 g/mol. The molecule has 0 saturated heterocycles. The number of anilines is 1. The highest BCUT2D eigenvalue weighted by Crippen LogP contribution is 2.24. The molecular formula is C13H22N2O2S. The third kappa shape index (κ3) is 3.23. The first kappa shape index (κ1) is 15.0. The van der Waals surface area contributed by atoms with Gasteiger partial charge in [0.1, 0.15) is 0 Å². The lowest BCUT2D eigenvalue weighted by Gasteiger charge is -2.27. The zero-order valence-corrected chi connectivity index (χ0v) is 12.1. The number of aryl methyl sites for hydroxylation is 1. The van der Waals surface area contributed by atoms with Gasteiger partial charge >= 0.3 is 0 Å². The molecule has 1 aromatic rings. The van der Waals surface area contributed by atoms with Crippen molar-refractivity contribution in [2.45, 2.75) is 32.4 Å². The van der Waals surface area contributed by atoms with E-state index in [0.29, 0.717) is 19.5 Å². The van der Waals surface area contributed by atoms with Crippen LogP contribution in [0.1, 0.15) is 25.8 Å². The van der Waals surface area contributed by atoms with Crippen LogP contribution in [0.25, 0.3) is 0 Å². The van der Waals surface area contributed by atoms with Crippen LogP contribution in [0.2, 0.25) is 0 Å². The van der Waals surface area contributed by atoms with Crippen LogP contribution in [0.15, 0.2) is 24.3 Å². The Kier molecular flexibility index (Phi) is 5.16. The Bertz CT molecular complexity index is 484. The molecule has 0 aliphatic carbocycles. The molecule has 0 atom stereocenters. The summed E-state index contributed by atoms with van der Waals surface area (Å²) in [6, 6.07) is 7.52. The smallest absolute Gasteiger partial charge is 0.237 e. The normalized spacial score (nSPS) is 11.8. The minimum atomic E-state index is -3.31. The van der Waals surface area contributed by atoms with Gasteiger partial charge in [-0.25, -0.2) is 8.42 Å². The van der Waals surface area contributed by atoms with E-state index in [4.69, 9.17) is 5.73 Å². The molecular weight excluding hydrogens is 248 g/mol. The largest absolute Gasteiger partial charge is 0.330 e. The van der Waals surface area contributed by atoms with Crippen molar-refractivity contribution in [1.29, 1.82) is 0 Å². The molecule has 0 radical (unpaired) electrons. The number of hydrogen-bond donors (Lipinski definition) is 1. The van der Waals surface area contributed by atoms with Crippen molar-refractivity contribution in [2.75, 3.05) is 17.4 Å². The molecule has 0 fully saturated rings. The zero-order chi connectivity index (χ0) is 13.8. The lowest BCUT2D eigenvalue weighted by atomic mass is 10.2. The van der Waals surface area contributed by atoms with Crippen LogP contribution < -0.4 is 10.0 Å². The van der Waals surface area contributed by atoms with Gasteiger partial charge < -0.3 is 5.73 Å². The highest BCUT2D eigenvalue weighted by atomic mass is 32.2. The Morgan fingerprint density at radius 2 is 1.89 bits per heavy atom. The van der Waals surface area contributed by atoms with E-state index in [-0.39, 0.29) is 0 Å². The molecule has 5 heteroatoms. The van der Waals surface area contributed by atoms with Crippen LogP contribution in [-0.4, -0.2) is 26.8 Å². The molecule has 1 aromatic carbocycles. The van der Waals surface area contributed by atoms with Crippen LogP contribution >= 0.6 is 0 Å². The predicted octanol–water partition coefficient (Wildman–Crippen LogP) is 1.89. The molecule has 0 aliphatic heterocycles. The second-order valence-corrected chi connectivity index (χ2v) is 7.01. The molecule has 0 saturated carbocycles. The van der Waals surface area contributed by atoms with Crippen LogP contribution in [0, 0.1) is 6.92 Å². The van der Waals surface area contributed by atoms with Crippen molar-refractivity contribution in [1.82, 2.24) is 0 Å². The maximum absolute atomic E-state index is 12.4. The Morgan fingerprint density at radius 1 is 1.28 bits per heavy atom. The summed E-state index contributed by atoms with van der Waals surface area (Å²) in [5.41, 5.74) is 7.20. The van der Waals surface area contributed by atoms with Gasteiger partial charge in [0.25, 0.3) is 0 Å². The second-order valence-electron chi connectivity index (χ2n) is 4.59. The molecule has 102 valence electrons. The lowest BCUT2D eigenvalue weighted by Crippen LogP contribution is -2.38. The number of nitrogens with two attached hydrogens (primary N) is 1. The van der Waals surface area contributed by atoms with Crippen molar-refractivity contribution in [3.63, 3.8) is 0 Å². The molecule has 0 unspecified atom stereocenters. The van der Waals surface area contributed by atoms with Gasteiger partial charge in [-0.3, -0.25) is 4.31 Å². The van der Waals surface area contributed by atoms with Crippen LogP contribution in [0.5, 0.6) is 0 Å². The highest BCUT2D eigenvalue weighted by molar-refractivity contribution is 7.93. The fourth-order valence-electron chi connectivity index (χ4n) is 1.72. The molecule has 0 spiro atoms. The molecule has 0 heterocycles. The van der Waals surface area contributed by atoms with E-state index in [1.165, 1.54) is 4.31 Å². The van der Waals surface area contributed by atoms with Gasteiger partial charge in [0.05, 0.1) is 10.9 Å². The van der Waals surface area contributed by atoms with E-state index in [9.17, 15) is 8.42 Å². The fourth-order valence-corrected chi connectivity index (χ4v) is 3.09. The molecule has 0 aliphatic rings. The van der Waals surface area contributed by atoms with E-state index in [0.717, 1.165) is 11.3 Å². The predicted molar refractivity (Wildman–Crippen MR) is 76.3 cm³/mol. The van der Waals surface area contributed by atoms with Gasteiger partial charge in [-0.2, -0.15) is 0 Å². The number of benzene rings is 1. The van der Waals surface area contributed by atoms with E-state index < -0.39 is 15.3 Å². The average Bonchev–Trinajstić information content (AvgIpc) is 2.31. The maximum Gasteiger partial charge on any atom is 0.237 e. The summed E-state index contributed by atoms with van der Waals surface area (Å²) in [5.74, 6) is 0. The van der Waals surface area contributed by atoms with E-state index in [1.54, 1.807) is 13.8 Å². The van der Waals surface area contributed by atoms with Gasteiger partial charge in [0, 0.05) is 6.54 Å². The molecule has 0 amide bonds. The molecule has 2 N–H and O–H groups in total. The Labute approximate surface area is 110 Å². The minimum Gasteiger partial charge on any atom is -0.330 e. The summed E-state index contributed by atoms with van der Waals surface area (Å²) in [6.45, 7) is 6.23. The van der Waals surface area contributed by atoms with E-state index in [2.05, 4.69) is 0 Å². The van der Waals surface area contributed by atoms with Gasteiger partial charge in [0.2, 0.25) is 10.0 Å².